The highest BCUT2D eigenvalue weighted by Gasteiger charge is 2.26. The third-order valence-corrected chi connectivity index (χ3v) is 3.40. The Balaban J connectivity index is 2.64. The Bertz CT molecular complexity index is 414. The van der Waals surface area contributed by atoms with E-state index in [2.05, 4.69) is 63.8 Å². The van der Waals surface area contributed by atoms with Crippen LogP contribution in [0.15, 0.2) is 6.20 Å². The van der Waals surface area contributed by atoms with Gasteiger partial charge in [-0.25, -0.2) is 0 Å². The molecule has 0 atom stereocenters. The van der Waals surface area contributed by atoms with Crippen LogP contribution in [-0.4, -0.2) is 38.5 Å². The van der Waals surface area contributed by atoms with Crippen molar-refractivity contribution >= 4 is 0 Å². The van der Waals surface area contributed by atoms with Gasteiger partial charge in [0.05, 0.1) is 5.69 Å². The number of nitrogens with two attached hydrogens (primary N) is 1. The van der Waals surface area contributed by atoms with Crippen molar-refractivity contribution in [2.45, 2.75) is 72.6 Å². The molecule has 1 heterocycles. The van der Waals surface area contributed by atoms with Gasteiger partial charge in [-0.1, -0.05) is 19.1 Å². The van der Waals surface area contributed by atoms with E-state index in [0.717, 1.165) is 25.2 Å². The number of hydrogen-bond donors (Lipinski definition) is 1. The number of hydrogen-bond acceptors (Lipinski definition) is 4. The van der Waals surface area contributed by atoms with Crippen molar-refractivity contribution in [2.24, 2.45) is 11.1 Å². The second-order valence-electron chi connectivity index (χ2n) is 7.75. The van der Waals surface area contributed by atoms with Crippen LogP contribution in [0.4, 0.5) is 0 Å². The zero-order valence-electron chi connectivity index (χ0n) is 14.1. The van der Waals surface area contributed by atoms with E-state index in [1.165, 1.54) is 0 Å². The van der Waals surface area contributed by atoms with Crippen LogP contribution in [0.3, 0.4) is 0 Å². The van der Waals surface area contributed by atoms with Gasteiger partial charge in [-0.3, -0.25) is 9.58 Å². The monoisotopic (exact) mass is 281 g/mol. The van der Waals surface area contributed by atoms with Crippen LogP contribution < -0.4 is 5.73 Å². The van der Waals surface area contributed by atoms with Crippen molar-refractivity contribution in [3.05, 3.63) is 11.9 Å². The van der Waals surface area contributed by atoms with Crippen LogP contribution in [0.5, 0.6) is 0 Å². The third kappa shape index (κ3) is 6.01. The molecule has 116 valence electrons. The molecule has 5 nitrogen and oxygen atoms in total. The Morgan fingerprint density at radius 3 is 2.40 bits per heavy atom. The van der Waals surface area contributed by atoms with Gasteiger partial charge in [0.15, 0.2) is 0 Å². The van der Waals surface area contributed by atoms with E-state index in [1.54, 1.807) is 0 Å². The summed E-state index contributed by atoms with van der Waals surface area (Å²) < 4.78 is 1.94. The van der Waals surface area contributed by atoms with Gasteiger partial charge in [0, 0.05) is 30.9 Å². The molecule has 0 saturated heterocycles. The van der Waals surface area contributed by atoms with E-state index in [0.29, 0.717) is 6.04 Å². The Morgan fingerprint density at radius 1 is 1.30 bits per heavy atom. The predicted octanol–water partition coefficient (Wildman–Crippen LogP) is 2.27. The zero-order chi connectivity index (χ0) is 15.6. The molecule has 0 aliphatic heterocycles. The second kappa shape index (κ2) is 6.22. The maximum Gasteiger partial charge on any atom is 0.0967 e. The van der Waals surface area contributed by atoms with Gasteiger partial charge < -0.3 is 5.73 Å². The minimum absolute atomic E-state index is 0.104. The van der Waals surface area contributed by atoms with Crippen LogP contribution in [0.2, 0.25) is 0 Å². The minimum atomic E-state index is -0.162. The molecule has 0 amide bonds. The summed E-state index contributed by atoms with van der Waals surface area (Å²) in [5.41, 5.74) is 7.09. The van der Waals surface area contributed by atoms with E-state index >= 15 is 0 Å². The summed E-state index contributed by atoms with van der Waals surface area (Å²) in [4.78, 5) is 2.25. The number of rotatable bonds is 7. The normalized spacial score (nSPS) is 13.5. The molecule has 1 rings (SSSR count). The first-order valence-electron chi connectivity index (χ1n) is 7.37. The molecule has 1 aromatic rings. The van der Waals surface area contributed by atoms with E-state index in [4.69, 9.17) is 5.73 Å². The van der Waals surface area contributed by atoms with Crippen molar-refractivity contribution < 1.29 is 0 Å². The topological polar surface area (TPSA) is 60.0 Å². The molecule has 0 spiro atoms. The quantitative estimate of drug-likeness (QED) is 0.833. The molecule has 0 radical (unpaired) electrons. The van der Waals surface area contributed by atoms with Crippen LogP contribution in [-0.2, 0) is 13.1 Å². The molecular weight excluding hydrogens is 250 g/mol. The van der Waals surface area contributed by atoms with Gasteiger partial charge in [-0.15, -0.1) is 5.10 Å². The van der Waals surface area contributed by atoms with Gasteiger partial charge in [-0.2, -0.15) is 0 Å². The van der Waals surface area contributed by atoms with E-state index in [-0.39, 0.29) is 11.0 Å². The van der Waals surface area contributed by atoms with Crippen LogP contribution >= 0.6 is 0 Å². The van der Waals surface area contributed by atoms with Crippen molar-refractivity contribution in [3.8, 4) is 0 Å². The fraction of sp³-hybridized carbons (Fsp3) is 0.867. The lowest BCUT2D eigenvalue weighted by atomic mass is 9.80. The summed E-state index contributed by atoms with van der Waals surface area (Å²) in [5.74, 6) is 0. The highest BCUT2D eigenvalue weighted by atomic mass is 15.4. The Kier molecular flexibility index (Phi) is 5.33. The minimum Gasteiger partial charge on any atom is -0.326 e. The summed E-state index contributed by atoms with van der Waals surface area (Å²) in [6.07, 6.45) is 2.99. The average Bonchev–Trinajstić information content (AvgIpc) is 2.60. The molecule has 2 N–H and O–H groups in total. The fourth-order valence-electron chi connectivity index (χ4n) is 2.65. The standard InChI is InChI=1S/C15H31N5/c1-12(2)19(7)8-13-9-20(18-17-13)11-14(3,4)10-15(5,6)16/h9,12H,8,10-11,16H2,1-7H3. The zero-order valence-corrected chi connectivity index (χ0v) is 14.1. The molecule has 0 aliphatic rings. The molecule has 1 aromatic heterocycles. The fourth-order valence-corrected chi connectivity index (χ4v) is 2.65. The van der Waals surface area contributed by atoms with Crippen LogP contribution in [0.1, 0.15) is 53.7 Å². The second-order valence-corrected chi connectivity index (χ2v) is 7.75. The average molecular weight is 281 g/mol. The first-order chi connectivity index (χ1) is 8.98. The van der Waals surface area contributed by atoms with Crippen molar-refractivity contribution in [1.82, 2.24) is 19.9 Å². The molecule has 0 bridgehead atoms. The van der Waals surface area contributed by atoms with Crippen molar-refractivity contribution in [2.75, 3.05) is 7.05 Å². The maximum absolute atomic E-state index is 6.13. The van der Waals surface area contributed by atoms with Crippen molar-refractivity contribution in [3.63, 3.8) is 0 Å². The molecule has 0 saturated carbocycles. The Morgan fingerprint density at radius 2 is 1.90 bits per heavy atom. The highest BCUT2D eigenvalue weighted by Crippen LogP contribution is 2.28. The van der Waals surface area contributed by atoms with Gasteiger partial charge in [0.2, 0.25) is 0 Å². The van der Waals surface area contributed by atoms with Gasteiger partial charge in [0.1, 0.15) is 0 Å². The highest BCUT2D eigenvalue weighted by molar-refractivity contribution is 4.93. The predicted molar refractivity (Wildman–Crippen MR) is 83.3 cm³/mol. The summed E-state index contributed by atoms with van der Waals surface area (Å²) in [6.45, 7) is 14.6. The summed E-state index contributed by atoms with van der Waals surface area (Å²) in [7, 11) is 2.10. The Hall–Kier alpha value is -0.940. The SMILES string of the molecule is CC(C)N(C)Cc1cn(CC(C)(C)CC(C)(C)N)nn1. The lowest BCUT2D eigenvalue weighted by Crippen LogP contribution is -2.39. The van der Waals surface area contributed by atoms with Gasteiger partial charge >= 0.3 is 0 Å². The Labute approximate surface area is 123 Å². The largest absolute Gasteiger partial charge is 0.326 e. The molecule has 0 aliphatic carbocycles. The van der Waals surface area contributed by atoms with Gasteiger partial charge in [0.25, 0.3) is 0 Å². The molecule has 0 aromatic carbocycles. The first-order valence-corrected chi connectivity index (χ1v) is 7.37. The molecule has 0 fully saturated rings. The number of nitrogens with zero attached hydrogens (tertiary/aromatic N) is 4. The van der Waals surface area contributed by atoms with Gasteiger partial charge in [-0.05, 0) is 46.6 Å². The molecular formula is C15H31N5. The lowest BCUT2D eigenvalue weighted by molar-refractivity contribution is 0.214. The maximum atomic E-state index is 6.13. The molecule has 5 heteroatoms. The van der Waals surface area contributed by atoms with Crippen LogP contribution in [0, 0.1) is 5.41 Å². The summed E-state index contributed by atoms with van der Waals surface area (Å²) in [5, 5.41) is 8.50. The molecule has 0 unspecified atom stereocenters. The van der Waals surface area contributed by atoms with Crippen molar-refractivity contribution in [1.29, 1.82) is 0 Å². The third-order valence-electron chi connectivity index (χ3n) is 3.40. The summed E-state index contributed by atoms with van der Waals surface area (Å²) >= 11 is 0. The summed E-state index contributed by atoms with van der Waals surface area (Å²) in [6, 6.07) is 0.509. The first kappa shape index (κ1) is 17.1. The van der Waals surface area contributed by atoms with E-state index in [1.807, 2.05) is 10.9 Å². The van der Waals surface area contributed by atoms with E-state index in [9.17, 15) is 0 Å². The number of aromatic nitrogens is 3. The smallest absolute Gasteiger partial charge is 0.0967 e. The molecule has 20 heavy (non-hydrogen) atoms. The van der Waals surface area contributed by atoms with E-state index < -0.39 is 0 Å². The van der Waals surface area contributed by atoms with Crippen LogP contribution in [0.25, 0.3) is 0 Å². The lowest BCUT2D eigenvalue weighted by Gasteiger charge is -2.31.